The highest BCUT2D eigenvalue weighted by atomic mass is 32.2. The molecule has 0 saturated carbocycles. The summed E-state index contributed by atoms with van der Waals surface area (Å²) in [7, 11) is -3.72. The van der Waals surface area contributed by atoms with Crippen molar-refractivity contribution in [1.29, 1.82) is 5.26 Å². The van der Waals surface area contributed by atoms with Crippen LogP contribution >= 0.6 is 0 Å². The molecule has 1 N–H and O–H groups in total. The van der Waals surface area contributed by atoms with Crippen LogP contribution in [0.3, 0.4) is 0 Å². The fourth-order valence-corrected chi connectivity index (χ4v) is 4.36. The fourth-order valence-electron chi connectivity index (χ4n) is 3.33. The van der Waals surface area contributed by atoms with Gasteiger partial charge in [-0.05, 0) is 60.9 Å². The van der Waals surface area contributed by atoms with Gasteiger partial charge in [-0.15, -0.1) is 0 Å². The van der Waals surface area contributed by atoms with Crippen molar-refractivity contribution >= 4 is 15.9 Å². The van der Waals surface area contributed by atoms with Crippen LogP contribution in [0.1, 0.15) is 40.9 Å². The van der Waals surface area contributed by atoms with Crippen LogP contribution in [-0.2, 0) is 16.4 Å². The molecule has 2 aromatic carbocycles. The molecule has 0 aromatic heterocycles. The Kier molecular flexibility index (Phi) is 5.77. The molecule has 2 aromatic rings. The molecule has 1 aliphatic heterocycles. The number of nitriles is 1. The van der Waals surface area contributed by atoms with E-state index in [2.05, 4.69) is 4.72 Å². The number of hydrogen-bond donors (Lipinski definition) is 1. The van der Waals surface area contributed by atoms with Crippen molar-refractivity contribution in [3.63, 3.8) is 0 Å². The molecule has 0 spiro atoms. The van der Waals surface area contributed by atoms with E-state index in [4.69, 9.17) is 5.26 Å². The molecule has 0 saturated heterocycles. The molecular weight excluding hydrogens is 381 g/mol. The van der Waals surface area contributed by atoms with Gasteiger partial charge < -0.3 is 4.90 Å². The Morgan fingerprint density at radius 3 is 2.68 bits per heavy atom. The number of fused-ring (bicyclic) bond motifs is 1. The quantitative estimate of drug-likeness (QED) is 0.780. The van der Waals surface area contributed by atoms with Crippen molar-refractivity contribution in [3.8, 4) is 6.07 Å². The minimum absolute atomic E-state index is 0.0285. The molecule has 8 heteroatoms. The maximum Gasteiger partial charge on any atom is 0.254 e. The topological polar surface area (TPSA) is 90.3 Å². The monoisotopic (exact) mass is 401 g/mol. The molecule has 0 aliphatic carbocycles. The summed E-state index contributed by atoms with van der Waals surface area (Å²) in [6.07, 6.45) is 0.714. The Morgan fingerprint density at radius 2 is 2.00 bits per heavy atom. The number of sulfonamides is 1. The molecule has 0 radical (unpaired) electrons. The number of rotatable bonds is 5. The van der Waals surface area contributed by atoms with E-state index in [0.29, 0.717) is 18.5 Å². The SMILES string of the molecule is CC1c2cc(F)ccc2CCN1C(=O)c1ccc(S(=O)(=O)NCCC#N)cc1. The third kappa shape index (κ3) is 4.06. The van der Waals surface area contributed by atoms with Gasteiger partial charge >= 0.3 is 0 Å². The summed E-state index contributed by atoms with van der Waals surface area (Å²) in [5.41, 5.74) is 2.19. The molecule has 3 rings (SSSR count). The molecule has 0 bridgehead atoms. The Hall–Kier alpha value is -2.76. The zero-order valence-electron chi connectivity index (χ0n) is 15.4. The van der Waals surface area contributed by atoms with Gasteiger partial charge in [0.25, 0.3) is 5.91 Å². The van der Waals surface area contributed by atoms with Gasteiger partial charge in [-0.3, -0.25) is 4.79 Å². The number of hydrogen-bond acceptors (Lipinski definition) is 4. The first-order chi connectivity index (χ1) is 13.3. The molecule has 1 amide bonds. The molecule has 6 nitrogen and oxygen atoms in total. The summed E-state index contributed by atoms with van der Waals surface area (Å²) in [5, 5.41) is 8.51. The summed E-state index contributed by atoms with van der Waals surface area (Å²) in [5.74, 6) is -0.567. The number of carbonyl (C=O) groups excluding carboxylic acids is 1. The number of nitrogens with zero attached hydrogens (tertiary/aromatic N) is 2. The third-order valence-corrected chi connectivity index (χ3v) is 6.33. The van der Waals surface area contributed by atoms with Crippen molar-refractivity contribution in [2.24, 2.45) is 0 Å². The van der Waals surface area contributed by atoms with Crippen LogP contribution in [0.2, 0.25) is 0 Å². The van der Waals surface area contributed by atoms with Crippen LogP contribution in [0, 0.1) is 17.1 Å². The third-order valence-electron chi connectivity index (χ3n) is 4.85. The maximum atomic E-state index is 13.6. The lowest BCUT2D eigenvalue weighted by molar-refractivity contribution is 0.0677. The summed E-state index contributed by atoms with van der Waals surface area (Å²) >= 11 is 0. The second-order valence-electron chi connectivity index (χ2n) is 6.60. The number of nitrogens with one attached hydrogen (secondary N) is 1. The number of halogens is 1. The van der Waals surface area contributed by atoms with Gasteiger partial charge in [-0.25, -0.2) is 17.5 Å². The van der Waals surface area contributed by atoms with Gasteiger partial charge in [0.2, 0.25) is 10.0 Å². The smallest absolute Gasteiger partial charge is 0.254 e. The highest BCUT2D eigenvalue weighted by Crippen LogP contribution is 2.31. The van der Waals surface area contributed by atoms with Gasteiger partial charge in [0.1, 0.15) is 5.82 Å². The molecule has 1 heterocycles. The van der Waals surface area contributed by atoms with E-state index in [1.165, 1.54) is 36.4 Å². The van der Waals surface area contributed by atoms with Crippen LogP contribution in [0.4, 0.5) is 4.39 Å². The van der Waals surface area contributed by atoms with E-state index < -0.39 is 10.0 Å². The first-order valence-corrected chi connectivity index (χ1v) is 10.4. The van der Waals surface area contributed by atoms with Crippen molar-refractivity contribution < 1.29 is 17.6 Å². The fraction of sp³-hybridized carbons (Fsp3) is 0.300. The van der Waals surface area contributed by atoms with Gasteiger partial charge in [-0.2, -0.15) is 5.26 Å². The first kappa shape index (κ1) is 20.0. The molecule has 1 atom stereocenters. The average Bonchev–Trinajstić information content (AvgIpc) is 2.68. The molecular formula is C20H20FN3O3S. The molecule has 0 fully saturated rings. The van der Waals surface area contributed by atoms with Gasteiger partial charge in [0.05, 0.1) is 17.0 Å². The van der Waals surface area contributed by atoms with Gasteiger partial charge in [0, 0.05) is 25.1 Å². The lowest BCUT2D eigenvalue weighted by Crippen LogP contribution is -2.39. The number of benzene rings is 2. The van der Waals surface area contributed by atoms with Crippen LogP contribution in [0.25, 0.3) is 0 Å². The van der Waals surface area contributed by atoms with E-state index in [1.807, 2.05) is 13.0 Å². The Morgan fingerprint density at radius 1 is 1.29 bits per heavy atom. The lowest BCUT2D eigenvalue weighted by Gasteiger charge is -2.35. The van der Waals surface area contributed by atoms with Crippen LogP contribution in [-0.4, -0.2) is 32.3 Å². The molecule has 146 valence electrons. The van der Waals surface area contributed by atoms with E-state index in [-0.39, 0.29) is 35.6 Å². The minimum Gasteiger partial charge on any atom is -0.332 e. The summed E-state index contributed by atoms with van der Waals surface area (Å²) in [6.45, 7) is 2.39. The lowest BCUT2D eigenvalue weighted by atomic mass is 9.93. The van der Waals surface area contributed by atoms with Crippen molar-refractivity contribution in [3.05, 3.63) is 65.0 Å². The van der Waals surface area contributed by atoms with Gasteiger partial charge in [-0.1, -0.05) is 6.07 Å². The van der Waals surface area contributed by atoms with E-state index in [1.54, 1.807) is 11.0 Å². The van der Waals surface area contributed by atoms with Crippen LogP contribution < -0.4 is 4.72 Å². The van der Waals surface area contributed by atoms with Crippen molar-refractivity contribution in [2.45, 2.75) is 30.7 Å². The minimum atomic E-state index is -3.72. The molecule has 1 aliphatic rings. The number of carbonyl (C=O) groups is 1. The van der Waals surface area contributed by atoms with Crippen LogP contribution in [0.5, 0.6) is 0 Å². The second-order valence-corrected chi connectivity index (χ2v) is 8.36. The van der Waals surface area contributed by atoms with Crippen LogP contribution in [0.15, 0.2) is 47.4 Å². The number of amides is 1. The summed E-state index contributed by atoms with van der Waals surface area (Å²) in [4.78, 5) is 14.6. The van der Waals surface area contributed by atoms with Crippen molar-refractivity contribution in [2.75, 3.05) is 13.1 Å². The average molecular weight is 401 g/mol. The highest BCUT2D eigenvalue weighted by Gasteiger charge is 2.28. The van der Waals surface area contributed by atoms with Crippen molar-refractivity contribution in [1.82, 2.24) is 9.62 Å². The molecule has 1 unspecified atom stereocenters. The summed E-state index contributed by atoms with van der Waals surface area (Å²) in [6, 6.07) is 11.9. The van der Waals surface area contributed by atoms with E-state index in [0.717, 1.165) is 11.1 Å². The predicted octanol–water partition coefficient (Wildman–Crippen LogP) is 2.78. The van der Waals surface area contributed by atoms with E-state index in [9.17, 15) is 17.6 Å². The van der Waals surface area contributed by atoms with Gasteiger partial charge in [0.15, 0.2) is 0 Å². The summed E-state index contributed by atoms with van der Waals surface area (Å²) < 4.78 is 40.3. The largest absolute Gasteiger partial charge is 0.332 e. The Labute approximate surface area is 163 Å². The highest BCUT2D eigenvalue weighted by molar-refractivity contribution is 7.89. The predicted molar refractivity (Wildman–Crippen MR) is 101 cm³/mol. The Bertz CT molecular complexity index is 1030. The first-order valence-electron chi connectivity index (χ1n) is 8.89. The standard InChI is InChI=1S/C20H20FN3O3S/c1-14-19-13-17(21)6-3-15(19)9-12-24(14)20(25)16-4-7-18(8-5-16)28(26,27)23-11-2-10-22/h3-8,13-14,23H,2,9,11-12H2,1H3. The Balaban J connectivity index is 1.77. The maximum absolute atomic E-state index is 13.6. The molecule has 28 heavy (non-hydrogen) atoms. The second kappa shape index (κ2) is 8.09. The van der Waals surface area contributed by atoms with E-state index >= 15 is 0 Å². The normalized spacial score (nSPS) is 16.3. The zero-order chi connectivity index (χ0) is 20.3. The zero-order valence-corrected chi connectivity index (χ0v) is 16.2.